The number of pyridine rings is 1. The van der Waals surface area contributed by atoms with Crippen LogP contribution in [0.2, 0.25) is 0 Å². The lowest BCUT2D eigenvalue weighted by molar-refractivity contribution is -0.138. The molecule has 1 aromatic heterocycles. The Hall–Kier alpha value is -1.56. The molecule has 2 heterocycles. The minimum absolute atomic E-state index is 0.0261. The van der Waals surface area contributed by atoms with Gasteiger partial charge in [-0.05, 0) is 30.9 Å². The summed E-state index contributed by atoms with van der Waals surface area (Å²) in [6.07, 6.45) is 3.78. The number of carbonyl (C=O) groups excluding carboxylic acids is 2. The van der Waals surface area contributed by atoms with Crippen molar-refractivity contribution >= 4 is 23.6 Å². The molecule has 1 fully saturated rings. The van der Waals surface area contributed by atoms with Gasteiger partial charge in [0.15, 0.2) is 0 Å². The summed E-state index contributed by atoms with van der Waals surface area (Å²) in [5, 5.41) is 2.93. The number of amides is 2. The van der Waals surface area contributed by atoms with Gasteiger partial charge in [0.25, 0.3) is 0 Å². The molecule has 126 valence electrons. The van der Waals surface area contributed by atoms with E-state index in [1.807, 2.05) is 18.2 Å². The lowest BCUT2D eigenvalue weighted by Gasteiger charge is -2.23. The highest BCUT2D eigenvalue weighted by atomic mass is 32.2. The third kappa shape index (κ3) is 5.53. The molecule has 1 saturated heterocycles. The van der Waals surface area contributed by atoms with Gasteiger partial charge in [0.2, 0.25) is 11.8 Å². The summed E-state index contributed by atoms with van der Waals surface area (Å²) >= 11 is 1.64. The van der Waals surface area contributed by atoms with Crippen molar-refractivity contribution in [1.82, 2.24) is 15.2 Å². The first-order chi connectivity index (χ1) is 11.1. The van der Waals surface area contributed by atoms with Crippen LogP contribution in [0.5, 0.6) is 0 Å². The fourth-order valence-electron chi connectivity index (χ4n) is 2.44. The number of thioether (sulfide) groups is 1. The predicted molar refractivity (Wildman–Crippen MR) is 93.0 cm³/mol. The molecule has 1 aliphatic rings. The van der Waals surface area contributed by atoms with Crippen LogP contribution in [0.15, 0.2) is 24.4 Å². The van der Waals surface area contributed by atoms with Gasteiger partial charge in [-0.25, -0.2) is 0 Å². The second-order valence-electron chi connectivity index (χ2n) is 6.19. The average Bonchev–Trinajstić information content (AvgIpc) is 3.03. The Morgan fingerprint density at radius 3 is 2.96 bits per heavy atom. The number of aromatic nitrogens is 1. The highest BCUT2D eigenvalue weighted by Gasteiger charge is 2.34. The fraction of sp³-hybridized carbons (Fsp3) is 0.588. The van der Waals surface area contributed by atoms with Gasteiger partial charge in [0.05, 0.1) is 5.88 Å². The van der Waals surface area contributed by atoms with Gasteiger partial charge in [-0.15, -0.1) is 11.8 Å². The molecule has 0 saturated carbocycles. The number of aryl methyl sites for hydroxylation is 1. The quantitative estimate of drug-likeness (QED) is 0.829. The zero-order chi connectivity index (χ0) is 16.7. The summed E-state index contributed by atoms with van der Waals surface area (Å²) in [5.74, 6) is 1.76. The van der Waals surface area contributed by atoms with Crippen LogP contribution in [0.4, 0.5) is 0 Å². The molecule has 0 radical (unpaired) electrons. The number of nitrogens with zero attached hydrogens (tertiary/aromatic N) is 2. The zero-order valence-corrected chi connectivity index (χ0v) is 14.6. The maximum atomic E-state index is 12.4. The first kappa shape index (κ1) is 17.8. The molecule has 6 heteroatoms. The summed E-state index contributed by atoms with van der Waals surface area (Å²) in [6.45, 7) is 4.77. The molecule has 1 aliphatic heterocycles. The zero-order valence-electron chi connectivity index (χ0n) is 13.8. The number of carbonyl (C=O) groups is 2. The Bertz CT molecular complexity index is 522. The van der Waals surface area contributed by atoms with Crippen LogP contribution in [0.25, 0.3) is 0 Å². The van der Waals surface area contributed by atoms with Gasteiger partial charge in [-0.1, -0.05) is 19.9 Å². The molecule has 2 amide bonds. The SMILES string of the molecule is CC(C)CNC(=O)C1CSCN1C(=O)CCCc1ccccn1. The molecule has 0 aromatic carbocycles. The molecule has 5 nitrogen and oxygen atoms in total. The number of hydrogen-bond acceptors (Lipinski definition) is 4. The second kappa shape index (κ2) is 8.91. The minimum Gasteiger partial charge on any atom is -0.354 e. The van der Waals surface area contributed by atoms with Crippen LogP contribution >= 0.6 is 11.8 Å². The van der Waals surface area contributed by atoms with Crippen LogP contribution in [0.3, 0.4) is 0 Å². The van der Waals surface area contributed by atoms with E-state index < -0.39 is 0 Å². The lowest BCUT2D eigenvalue weighted by atomic mass is 10.1. The van der Waals surface area contributed by atoms with Crippen LogP contribution in [0, 0.1) is 5.92 Å². The van der Waals surface area contributed by atoms with Gasteiger partial charge in [0.1, 0.15) is 6.04 Å². The van der Waals surface area contributed by atoms with Gasteiger partial charge in [-0.3, -0.25) is 14.6 Å². The van der Waals surface area contributed by atoms with Gasteiger partial charge >= 0.3 is 0 Å². The van der Waals surface area contributed by atoms with E-state index in [0.29, 0.717) is 30.5 Å². The van der Waals surface area contributed by atoms with Crippen molar-refractivity contribution < 1.29 is 9.59 Å². The molecule has 1 aromatic rings. The van der Waals surface area contributed by atoms with Crippen molar-refractivity contribution in [2.45, 2.75) is 39.2 Å². The topological polar surface area (TPSA) is 62.3 Å². The molecule has 1 atom stereocenters. The first-order valence-electron chi connectivity index (χ1n) is 8.12. The third-order valence-electron chi connectivity index (χ3n) is 3.74. The minimum atomic E-state index is -0.318. The van der Waals surface area contributed by atoms with E-state index in [4.69, 9.17) is 0 Å². The maximum Gasteiger partial charge on any atom is 0.243 e. The van der Waals surface area contributed by atoms with Crippen molar-refractivity contribution in [3.63, 3.8) is 0 Å². The lowest BCUT2D eigenvalue weighted by Crippen LogP contribution is -2.47. The number of nitrogens with one attached hydrogen (secondary N) is 1. The summed E-state index contributed by atoms with van der Waals surface area (Å²) in [6, 6.07) is 5.49. The second-order valence-corrected chi connectivity index (χ2v) is 7.19. The van der Waals surface area contributed by atoms with E-state index in [-0.39, 0.29) is 17.9 Å². The Morgan fingerprint density at radius 1 is 1.43 bits per heavy atom. The molecular formula is C17H25N3O2S. The smallest absolute Gasteiger partial charge is 0.243 e. The van der Waals surface area contributed by atoms with Crippen LogP contribution in [-0.2, 0) is 16.0 Å². The Morgan fingerprint density at radius 2 is 2.26 bits per heavy atom. The molecule has 23 heavy (non-hydrogen) atoms. The third-order valence-corrected chi connectivity index (χ3v) is 4.75. The molecule has 0 bridgehead atoms. The highest BCUT2D eigenvalue weighted by Crippen LogP contribution is 2.22. The van der Waals surface area contributed by atoms with Crippen molar-refractivity contribution in [3.05, 3.63) is 30.1 Å². The van der Waals surface area contributed by atoms with E-state index in [1.54, 1.807) is 22.9 Å². The summed E-state index contributed by atoms with van der Waals surface area (Å²) in [7, 11) is 0. The largest absolute Gasteiger partial charge is 0.354 e. The average molecular weight is 335 g/mol. The van der Waals surface area contributed by atoms with Gasteiger partial charge in [0, 0.05) is 30.6 Å². The van der Waals surface area contributed by atoms with E-state index in [1.165, 1.54) is 0 Å². The van der Waals surface area contributed by atoms with Crippen LogP contribution < -0.4 is 5.32 Å². The van der Waals surface area contributed by atoms with E-state index >= 15 is 0 Å². The first-order valence-corrected chi connectivity index (χ1v) is 9.28. The van der Waals surface area contributed by atoms with Crippen LogP contribution in [0.1, 0.15) is 32.4 Å². The molecule has 1 N–H and O–H groups in total. The molecule has 1 unspecified atom stereocenters. The number of hydrogen-bond donors (Lipinski definition) is 1. The van der Waals surface area contributed by atoms with E-state index in [9.17, 15) is 9.59 Å². The Labute approximate surface area is 142 Å². The van der Waals surface area contributed by atoms with Crippen LogP contribution in [-0.4, -0.2) is 45.9 Å². The summed E-state index contributed by atoms with van der Waals surface area (Å²) < 4.78 is 0. The summed E-state index contributed by atoms with van der Waals surface area (Å²) in [5.41, 5.74) is 1.00. The standard InChI is InChI=1S/C17H25N3O2S/c1-13(2)10-19-17(22)15-11-23-12-20(15)16(21)8-5-7-14-6-3-4-9-18-14/h3-4,6,9,13,15H,5,7-8,10-12H2,1-2H3,(H,19,22). The Balaban J connectivity index is 1.79. The summed E-state index contributed by atoms with van der Waals surface area (Å²) in [4.78, 5) is 30.6. The predicted octanol–water partition coefficient (Wildman–Crippen LogP) is 2.08. The monoisotopic (exact) mass is 335 g/mol. The molecule has 0 aliphatic carbocycles. The van der Waals surface area contributed by atoms with E-state index in [0.717, 1.165) is 18.5 Å². The van der Waals surface area contributed by atoms with Crippen molar-refractivity contribution in [1.29, 1.82) is 0 Å². The normalized spacial score (nSPS) is 17.5. The van der Waals surface area contributed by atoms with E-state index in [2.05, 4.69) is 24.1 Å². The molecule has 0 spiro atoms. The van der Waals surface area contributed by atoms with Gasteiger partial charge in [-0.2, -0.15) is 0 Å². The van der Waals surface area contributed by atoms with Crippen molar-refractivity contribution in [2.24, 2.45) is 5.92 Å². The number of rotatable bonds is 7. The van der Waals surface area contributed by atoms with Crippen molar-refractivity contribution in [3.8, 4) is 0 Å². The fourth-order valence-corrected chi connectivity index (χ4v) is 3.62. The van der Waals surface area contributed by atoms with Gasteiger partial charge < -0.3 is 10.2 Å². The highest BCUT2D eigenvalue weighted by molar-refractivity contribution is 7.99. The maximum absolute atomic E-state index is 12.4. The Kier molecular flexibility index (Phi) is 6.89. The molecular weight excluding hydrogens is 310 g/mol. The molecule has 2 rings (SSSR count). The van der Waals surface area contributed by atoms with Crippen molar-refractivity contribution in [2.75, 3.05) is 18.2 Å².